The first-order valence-corrected chi connectivity index (χ1v) is 8.12. The van der Waals surface area contributed by atoms with Crippen molar-refractivity contribution in [2.45, 2.75) is 6.18 Å². The fraction of sp³-hybridized carbons (Fsp3) is 0.0556. The molecule has 1 aromatic heterocycles. The average molecular weight is 410 g/mol. The smallest absolute Gasteiger partial charge is 0.323 e. The van der Waals surface area contributed by atoms with E-state index in [4.69, 9.17) is 11.6 Å². The summed E-state index contributed by atoms with van der Waals surface area (Å²) in [5.41, 5.74) is 0.215. The quantitative estimate of drug-likeness (QED) is 0.627. The lowest BCUT2D eigenvalue weighted by Crippen LogP contribution is -2.08. The van der Waals surface area contributed by atoms with Gasteiger partial charge in [0.15, 0.2) is 5.82 Å². The zero-order valence-electron chi connectivity index (χ0n) is 13.9. The molecular weight excluding hydrogens is 399 g/mol. The second-order valence-corrected chi connectivity index (χ2v) is 5.99. The molecule has 0 radical (unpaired) electrons. The Morgan fingerprint density at radius 1 is 1.18 bits per heavy atom. The van der Waals surface area contributed by atoms with Crippen molar-refractivity contribution >= 4 is 29.3 Å². The summed E-state index contributed by atoms with van der Waals surface area (Å²) in [6, 6.07) is 9.68. The van der Waals surface area contributed by atoms with Crippen LogP contribution in [0.4, 0.5) is 18.9 Å². The number of nitrogens with one attached hydrogen (secondary N) is 2. The molecule has 3 aromatic rings. The number of halogens is 4. The molecule has 0 aliphatic rings. The summed E-state index contributed by atoms with van der Waals surface area (Å²) in [6.45, 7) is 0. The molecular formula is C18H11ClF3N3O3. The van der Waals surface area contributed by atoms with Crippen LogP contribution in [0.1, 0.15) is 11.1 Å². The molecule has 2 aromatic carbocycles. The predicted octanol–water partition coefficient (Wildman–Crippen LogP) is 4.35. The second kappa shape index (κ2) is 7.73. The first-order valence-electron chi connectivity index (χ1n) is 7.74. The highest BCUT2D eigenvalue weighted by Crippen LogP contribution is 2.35. The van der Waals surface area contributed by atoms with Crippen molar-refractivity contribution in [1.29, 1.82) is 0 Å². The van der Waals surface area contributed by atoms with Crippen molar-refractivity contribution < 1.29 is 22.5 Å². The minimum absolute atomic E-state index is 0.178. The van der Waals surface area contributed by atoms with Gasteiger partial charge in [0.2, 0.25) is 5.91 Å². The lowest BCUT2D eigenvalue weighted by Gasteiger charge is -2.09. The topological polar surface area (TPSA) is 88.0 Å². The largest absolute Gasteiger partial charge is 0.439 e. The lowest BCUT2D eigenvalue weighted by atomic mass is 10.1. The monoisotopic (exact) mass is 409 g/mol. The Labute approximate surface area is 160 Å². The van der Waals surface area contributed by atoms with Gasteiger partial charge in [0.1, 0.15) is 0 Å². The maximum Gasteiger partial charge on any atom is 0.439 e. The van der Waals surface area contributed by atoms with Crippen molar-refractivity contribution in [3.8, 4) is 11.4 Å². The maximum absolute atomic E-state index is 12.9. The molecule has 0 spiro atoms. The highest BCUT2D eigenvalue weighted by atomic mass is 35.5. The standard InChI is InChI=1S/C18H11ClF3N3O3/c19-14-7-1-10(9-13(14)18(20,21)22)2-8-15(26)23-12-5-3-11(4-6-12)16-24-17(27)28-25-16/h1-9H,(H,23,26)(H,24,25,27)/b8-2-. The van der Waals surface area contributed by atoms with Crippen molar-refractivity contribution in [3.05, 3.63) is 75.2 Å². The van der Waals surface area contributed by atoms with Crippen LogP contribution in [0.2, 0.25) is 5.02 Å². The summed E-state index contributed by atoms with van der Waals surface area (Å²) in [5, 5.41) is 5.69. The van der Waals surface area contributed by atoms with Gasteiger partial charge in [0.05, 0.1) is 10.6 Å². The van der Waals surface area contributed by atoms with Gasteiger partial charge < -0.3 is 5.32 Å². The molecule has 0 fully saturated rings. The molecule has 0 saturated heterocycles. The van der Waals surface area contributed by atoms with Crippen molar-refractivity contribution in [2.75, 3.05) is 5.32 Å². The number of rotatable bonds is 4. The Kier molecular flexibility index (Phi) is 5.36. The SMILES string of the molecule is O=C(/C=C\c1ccc(Cl)c(C(F)(F)F)c1)Nc1ccc(-c2noc(=O)[nH]2)cc1. The first kappa shape index (κ1) is 19.4. The number of carbonyl (C=O) groups excluding carboxylic acids is 1. The number of anilines is 1. The minimum atomic E-state index is -4.58. The molecule has 10 heteroatoms. The van der Waals surface area contributed by atoms with Gasteiger partial charge in [-0.2, -0.15) is 13.2 Å². The van der Waals surface area contributed by atoms with E-state index in [0.717, 1.165) is 18.2 Å². The van der Waals surface area contributed by atoms with Crippen LogP contribution in [-0.2, 0) is 11.0 Å². The Bertz CT molecular complexity index is 1090. The summed E-state index contributed by atoms with van der Waals surface area (Å²) in [5.74, 6) is -0.981. The van der Waals surface area contributed by atoms with E-state index in [1.165, 1.54) is 12.1 Å². The molecule has 0 bridgehead atoms. The van der Waals surface area contributed by atoms with Gasteiger partial charge in [0, 0.05) is 17.3 Å². The van der Waals surface area contributed by atoms with Gasteiger partial charge >= 0.3 is 11.9 Å². The van der Waals surface area contributed by atoms with Crippen molar-refractivity contribution in [3.63, 3.8) is 0 Å². The van der Waals surface area contributed by atoms with Gasteiger partial charge in [-0.3, -0.25) is 14.3 Å². The van der Waals surface area contributed by atoms with E-state index in [1.807, 2.05) is 0 Å². The summed E-state index contributed by atoms with van der Waals surface area (Å²) < 4.78 is 43.0. The van der Waals surface area contributed by atoms with Gasteiger partial charge in [-0.15, -0.1) is 0 Å². The molecule has 2 N–H and O–H groups in total. The highest BCUT2D eigenvalue weighted by Gasteiger charge is 2.33. The molecule has 0 atom stereocenters. The molecule has 1 heterocycles. The van der Waals surface area contributed by atoms with Gasteiger partial charge in [0.25, 0.3) is 0 Å². The second-order valence-electron chi connectivity index (χ2n) is 5.58. The number of aromatic nitrogens is 2. The summed E-state index contributed by atoms with van der Waals surface area (Å²) in [4.78, 5) is 25.3. The average Bonchev–Trinajstić information content (AvgIpc) is 3.07. The van der Waals surface area contributed by atoms with Crippen molar-refractivity contribution in [1.82, 2.24) is 10.1 Å². The number of carbonyl (C=O) groups is 1. The third-order valence-corrected chi connectivity index (χ3v) is 3.92. The Morgan fingerprint density at radius 3 is 2.50 bits per heavy atom. The van der Waals surface area contributed by atoms with Crippen molar-refractivity contribution in [2.24, 2.45) is 0 Å². The third-order valence-electron chi connectivity index (χ3n) is 3.59. The first-order chi connectivity index (χ1) is 13.2. The van der Waals surface area contributed by atoms with Crippen LogP contribution in [0.3, 0.4) is 0 Å². The van der Waals surface area contributed by atoms with Crippen LogP contribution in [0.25, 0.3) is 17.5 Å². The van der Waals surface area contributed by atoms with Crippen LogP contribution >= 0.6 is 11.6 Å². The molecule has 0 aliphatic carbocycles. The number of H-pyrrole nitrogens is 1. The molecule has 1 amide bonds. The summed E-state index contributed by atoms with van der Waals surface area (Å²) >= 11 is 5.56. The van der Waals surface area contributed by atoms with E-state index in [9.17, 15) is 22.8 Å². The molecule has 0 saturated carbocycles. The molecule has 0 unspecified atom stereocenters. The van der Waals surface area contributed by atoms with Crippen LogP contribution in [0.5, 0.6) is 0 Å². The molecule has 6 nitrogen and oxygen atoms in total. The molecule has 28 heavy (non-hydrogen) atoms. The third kappa shape index (κ3) is 4.68. The number of hydrogen-bond donors (Lipinski definition) is 2. The normalized spacial score (nSPS) is 11.7. The van der Waals surface area contributed by atoms with E-state index in [1.54, 1.807) is 24.3 Å². The Balaban J connectivity index is 1.68. The van der Waals surface area contributed by atoms with Gasteiger partial charge in [-0.1, -0.05) is 22.8 Å². The number of alkyl halides is 3. The highest BCUT2D eigenvalue weighted by molar-refractivity contribution is 6.31. The zero-order chi connectivity index (χ0) is 20.3. The number of hydrogen-bond acceptors (Lipinski definition) is 4. The van der Waals surface area contributed by atoms with E-state index >= 15 is 0 Å². The summed E-state index contributed by atoms with van der Waals surface area (Å²) in [7, 11) is 0. The molecule has 144 valence electrons. The number of benzene rings is 2. The van der Waals surface area contributed by atoms with E-state index < -0.39 is 28.4 Å². The van der Waals surface area contributed by atoms with Crippen LogP contribution in [0, 0.1) is 0 Å². The molecule has 3 rings (SSSR count). The van der Waals surface area contributed by atoms with Crippen LogP contribution in [0.15, 0.2) is 57.9 Å². The Morgan fingerprint density at radius 2 is 1.89 bits per heavy atom. The fourth-order valence-electron chi connectivity index (χ4n) is 2.29. The lowest BCUT2D eigenvalue weighted by molar-refractivity contribution is -0.137. The van der Waals surface area contributed by atoms with Gasteiger partial charge in [-0.25, -0.2) is 4.79 Å². The van der Waals surface area contributed by atoms with E-state index in [-0.39, 0.29) is 11.4 Å². The van der Waals surface area contributed by atoms with Crippen LogP contribution in [-0.4, -0.2) is 16.0 Å². The number of amides is 1. The minimum Gasteiger partial charge on any atom is -0.323 e. The Hall–Kier alpha value is -3.33. The zero-order valence-corrected chi connectivity index (χ0v) is 14.6. The number of nitrogens with zero attached hydrogens (tertiary/aromatic N) is 1. The molecule has 0 aliphatic heterocycles. The van der Waals surface area contributed by atoms with E-state index in [2.05, 4.69) is 20.0 Å². The van der Waals surface area contributed by atoms with Crippen LogP contribution < -0.4 is 11.1 Å². The van der Waals surface area contributed by atoms with Gasteiger partial charge in [-0.05, 0) is 48.0 Å². The number of aromatic amines is 1. The summed E-state index contributed by atoms with van der Waals surface area (Å²) in [6.07, 6.45) is -2.24. The fourth-order valence-corrected chi connectivity index (χ4v) is 2.51. The maximum atomic E-state index is 12.9. The predicted molar refractivity (Wildman–Crippen MR) is 96.7 cm³/mol. The van der Waals surface area contributed by atoms with E-state index in [0.29, 0.717) is 11.3 Å².